The SMILES string of the molecule is Cc1ccc(CO[C@H]2CCCN(Cc3ccc(Cl)c(Cl)c3)C2)cc1. The van der Waals surface area contributed by atoms with Crippen LogP contribution in [0.1, 0.15) is 29.5 Å². The average Bonchev–Trinajstić information content (AvgIpc) is 2.58. The Labute approximate surface area is 154 Å². The van der Waals surface area contributed by atoms with Gasteiger partial charge in [-0.2, -0.15) is 0 Å². The van der Waals surface area contributed by atoms with Crippen LogP contribution < -0.4 is 0 Å². The number of halogens is 2. The molecule has 2 aromatic carbocycles. The zero-order valence-electron chi connectivity index (χ0n) is 14.0. The van der Waals surface area contributed by atoms with Gasteiger partial charge in [0.15, 0.2) is 0 Å². The van der Waals surface area contributed by atoms with Crippen LogP contribution in [0.25, 0.3) is 0 Å². The van der Waals surface area contributed by atoms with Crippen LogP contribution in [0.15, 0.2) is 42.5 Å². The Balaban J connectivity index is 1.52. The van der Waals surface area contributed by atoms with Gasteiger partial charge in [-0.05, 0) is 49.6 Å². The van der Waals surface area contributed by atoms with Gasteiger partial charge in [-0.15, -0.1) is 0 Å². The van der Waals surface area contributed by atoms with E-state index < -0.39 is 0 Å². The number of ether oxygens (including phenoxy) is 1. The zero-order chi connectivity index (χ0) is 16.9. The standard InChI is InChI=1S/C20H23Cl2NO/c1-15-4-6-16(7-5-15)14-24-18-3-2-10-23(13-18)12-17-8-9-19(21)20(22)11-17/h4-9,11,18H,2-3,10,12-14H2,1H3/t18-/m0/s1. The minimum Gasteiger partial charge on any atom is -0.372 e. The Morgan fingerprint density at radius 1 is 1.04 bits per heavy atom. The fourth-order valence-electron chi connectivity index (χ4n) is 3.09. The Kier molecular flexibility index (Phi) is 6.18. The molecule has 24 heavy (non-hydrogen) atoms. The normalized spacial score (nSPS) is 18.7. The van der Waals surface area contributed by atoms with Crippen molar-refractivity contribution in [2.75, 3.05) is 13.1 Å². The van der Waals surface area contributed by atoms with E-state index in [-0.39, 0.29) is 0 Å². The highest BCUT2D eigenvalue weighted by Crippen LogP contribution is 2.24. The van der Waals surface area contributed by atoms with Crippen LogP contribution in [0.2, 0.25) is 10.0 Å². The maximum Gasteiger partial charge on any atom is 0.0721 e. The van der Waals surface area contributed by atoms with Gasteiger partial charge in [-0.25, -0.2) is 0 Å². The minimum absolute atomic E-state index is 0.294. The number of rotatable bonds is 5. The lowest BCUT2D eigenvalue weighted by atomic mass is 10.1. The van der Waals surface area contributed by atoms with E-state index >= 15 is 0 Å². The van der Waals surface area contributed by atoms with Crippen molar-refractivity contribution in [2.45, 2.75) is 39.0 Å². The number of hydrogen-bond donors (Lipinski definition) is 0. The van der Waals surface area contributed by atoms with Gasteiger partial charge in [0.25, 0.3) is 0 Å². The van der Waals surface area contributed by atoms with Crippen LogP contribution >= 0.6 is 23.2 Å². The minimum atomic E-state index is 0.294. The third-order valence-electron chi connectivity index (χ3n) is 4.46. The lowest BCUT2D eigenvalue weighted by Gasteiger charge is -2.32. The Hall–Kier alpha value is -1.06. The van der Waals surface area contributed by atoms with Gasteiger partial charge in [0.05, 0.1) is 22.8 Å². The summed E-state index contributed by atoms with van der Waals surface area (Å²) in [7, 11) is 0. The summed E-state index contributed by atoms with van der Waals surface area (Å²) in [6.07, 6.45) is 2.59. The van der Waals surface area contributed by atoms with Crippen molar-refractivity contribution in [3.63, 3.8) is 0 Å². The molecule has 0 N–H and O–H groups in total. The number of piperidine rings is 1. The largest absolute Gasteiger partial charge is 0.372 e. The van der Waals surface area contributed by atoms with E-state index in [1.165, 1.54) is 23.1 Å². The maximum atomic E-state index is 6.13. The van der Waals surface area contributed by atoms with Gasteiger partial charge in [-0.1, -0.05) is 59.1 Å². The molecule has 0 aromatic heterocycles. The van der Waals surface area contributed by atoms with E-state index in [0.717, 1.165) is 26.1 Å². The maximum absolute atomic E-state index is 6.13. The van der Waals surface area contributed by atoms with Crippen molar-refractivity contribution < 1.29 is 4.74 Å². The summed E-state index contributed by atoms with van der Waals surface area (Å²) in [5.41, 5.74) is 3.72. The quantitative estimate of drug-likeness (QED) is 0.696. The van der Waals surface area contributed by atoms with Gasteiger partial charge < -0.3 is 4.74 Å². The summed E-state index contributed by atoms with van der Waals surface area (Å²) in [5, 5.41) is 1.23. The molecule has 0 spiro atoms. The van der Waals surface area contributed by atoms with E-state index in [0.29, 0.717) is 22.8 Å². The molecular weight excluding hydrogens is 341 g/mol. The van der Waals surface area contributed by atoms with Gasteiger partial charge >= 0.3 is 0 Å². The zero-order valence-corrected chi connectivity index (χ0v) is 15.5. The van der Waals surface area contributed by atoms with Crippen LogP contribution in [0.5, 0.6) is 0 Å². The molecule has 0 aliphatic carbocycles. The lowest BCUT2D eigenvalue weighted by Crippen LogP contribution is -2.39. The molecule has 128 valence electrons. The molecule has 3 rings (SSSR count). The predicted molar refractivity (Wildman–Crippen MR) is 101 cm³/mol. The molecule has 0 radical (unpaired) electrons. The third kappa shape index (κ3) is 4.97. The summed E-state index contributed by atoms with van der Waals surface area (Å²) >= 11 is 12.1. The Morgan fingerprint density at radius 3 is 2.54 bits per heavy atom. The third-order valence-corrected chi connectivity index (χ3v) is 5.20. The van der Waals surface area contributed by atoms with Crippen molar-refractivity contribution in [1.82, 2.24) is 4.90 Å². The topological polar surface area (TPSA) is 12.5 Å². The Morgan fingerprint density at radius 2 is 1.79 bits per heavy atom. The molecule has 1 heterocycles. The first-order chi connectivity index (χ1) is 11.6. The summed E-state index contributed by atoms with van der Waals surface area (Å²) in [4.78, 5) is 2.43. The average molecular weight is 364 g/mol. The summed E-state index contributed by atoms with van der Waals surface area (Å²) < 4.78 is 6.13. The smallest absolute Gasteiger partial charge is 0.0721 e. The molecule has 2 aromatic rings. The number of hydrogen-bond acceptors (Lipinski definition) is 2. The van der Waals surface area contributed by atoms with Crippen molar-refractivity contribution in [2.24, 2.45) is 0 Å². The van der Waals surface area contributed by atoms with E-state index in [4.69, 9.17) is 27.9 Å². The predicted octanol–water partition coefficient (Wildman–Crippen LogP) is 5.48. The van der Waals surface area contributed by atoms with Crippen molar-refractivity contribution in [1.29, 1.82) is 0 Å². The van der Waals surface area contributed by atoms with Crippen LogP contribution in [0, 0.1) is 6.92 Å². The van der Waals surface area contributed by atoms with E-state index in [1.54, 1.807) is 0 Å². The van der Waals surface area contributed by atoms with Crippen LogP contribution in [0.3, 0.4) is 0 Å². The molecule has 0 bridgehead atoms. The number of benzene rings is 2. The number of likely N-dealkylation sites (tertiary alicyclic amines) is 1. The molecule has 0 unspecified atom stereocenters. The Bertz CT molecular complexity index is 672. The highest BCUT2D eigenvalue weighted by atomic mass is 35.5. The number of aryl methyl sites for hydroxylation is 1. The van der Waals surface area contributed by atoms with E-state index in [1.807, 2.05) is 18.2 Å². The fraction of sp³-hybridized carbons (Fsp3) is 0.400. The molecule has 4 heteroatoms. The second-order valence-electron chi connectivity index (χ2n) is 6.54. The van der Waals surface area contributed by atoms with Crippen molar-refractivity contribution in [3.05, 3.63) is 69.2 Å². The van der Waals surface area contributed by atoms with Crippen LogP contribution in [0.4, 0.5) is 0 Å². The highest BCUT2D eigenvalue weighted by molar-refractivity contribution is 6.42. The summed E-state index contributed by atoms with van der Waals surface area (Å²) in [6.45, 7) is 5.75. The molecule has 1 fully saturated rings. The second-order valence-corrected chi connectivity index (χ2v) is 7.36. The highest BCUT2D eigenvalue weighted by Gasteiger charge is 2.20. The second kappa shape index (κ2) is 8.35. The van der Waals surface area contributed by atoms with Gasteiger partial charge in [0, 0.05) is 13.1 Å². The first kappa shape index (κ1) is 17.8. The monoisotopic (exact) mass is 363 g/mol. The van der Waals surface area contributed by atoms with Crippen molar-refractivity contribution >= 4 is 23.2 Å². The molecular formula is C20H23Cl2NO. The molecule has 1 aliphatic heterocycles. The molecule has 0 saturated carbocycles. The number of nitrogens with zero attached hydrogens (tertiary/aromatic N) is 1. The molecule has 2 nitrogen and oxygen atoms in total. The van der Waals surface area contributed by atoms with Gasteiger partial charge in [-0.3, -0.25) is 4.90 Å². The van der Waals surface area contributed by atoms with Gasteiger partial charge in [0.2, 0.25) is 0 Å². The van der Waals surface area contributed by atoms with E-state index in [2.05, 4.69) is 36.1 Å². The molecule has 1 saturated heterocycles. The van der Waals surface area contributed by atoms with Crippen molar-refractivity contribution in [3.8, 4) is 0 Å². The summed E-state index contributed by atoms with van der Waals surface area (Å²) in [5.74, 6) is 0. The first-order valence-electron chi connectivity index (χ1n) is 8.43. The van der Waals surface area contributed by atoms with Crippen LogP contribution in [-0.4, -0.2) is 24.1 Å². The van der Waals surface area contributed by atoms with Crippen LogP contribution in [-0.2, 0) is 17.9 Å². The first-order valence-corrected chi connectivity index (χ1v) is 9.19. The summed E-state index contributed by atoms with van der Waals surface area (Å²) in [6, 6.07) is 14.4. The molecule has 1 aliphatic rings. The van der Waals surface area contributed by atoms with E-state index in [9.17, 15) is 0 Å². The fourth-order valence-corrected chi connectivity index (χ4v) is 3.41. The molecule has 1 atom stereocenters. The lowest BCUT2D eigenvalue weighted by molar-refractivity contribution is -0.0120. The molecule has 0 amide bonds. The van der Waals surface area contributed by atoms with Gasteiger partial charge in [0.1, 0.15) is 0 Å².